The van der Waals surface area contributed by atoms with Crippen LogP contribution in [-0.2, 0) is 6.54 Å². The number of rotatable bonds is 3. The van der Waals surface area contributed by atoms with Crippen LogP contribution in [0.5, 0.6) is 5.75 Å². The molecule has 0 spiro atoms. The predicted molar refractivity (Wildman–Crippen MR) is 78.4 cm³/mol. The zero-order valence-electron chi connectivity index (χ0n) is 12.0. The Labute approximate surface area is 118 Å². The van der Waals surface area contributed by atoms with Gasteiger partial charge in [0.1, 0.15) is 5.75 Å². The van der Waals surface area contributed by atoms with E-state index in [0.29, 0.717) is 5.92 Å². The monoisotopic (exact) mass is 272 g/mol. The van der Waals surface area contributed by atoms with E-state index in [2.05, 4.69) is 6.07 Å². The highest BCUT2D eigenvalue weighted by Crippen LogP contribution is 2.34. The van der Waals surface area contributed by atoms with Gasteiger partial charge in [-0.1, -0.05) is 18.2 Å². The summed E-state index contributed by atoms with van der Waals surface area (Å²) in [6.45, 7) is 5.49. The fraction of sp³-hybridized carbons (Fsp3) is 0.438. The largest absolute Gasteiger partial charge is 0.493 e. The van der Waals surface area contributed by atoms with Crippen LogP contribution in [0.15, 0.2) is 41.5 Å². The van der Waals surface area contributed by atoms with Crippen molar-refractivity contribution < 1.29 is 4.74 Å². The molecule has 2 heterocycles. The van der Waals surface area contributed by atoms with E-state index in [1.54, 1.807) is 4.57 Å². The van der Waals surface area contributed by atoms with Gasteiger partial charge in [-0.2, -0.15) is 0 Å². The number of ether oxygens (including phenoxy) is 1. The molecule has 4 nitrogen and oxygen atoms in total. The predicted octanol–water partition coefficient (Wildman–Crippen LogP) is 2.80. The molecular weight excluding hydrogens is 252 g/mol. The van der Waals surface area contributed by atoms with Crippen LogP contribution < -0.4 is 10.4 Å². The van der Waals surface area contributed by atoms with Gasteiger partial charge in [-0.3, -0.25) is 9.13 Å². The van der Waals surface area contributed by atoms with Crippen molar-refractivity contribution in [2.45, 2.75) is 38.8 Å². The third kappa shape index (κ3) is 2.26. The first kappa shape index (κ1) is 13.0. The van der Waals surface area contributed by atoms with E-state index in [1.807, 2.05) is 49.0 Å². The minimum atomic E-state index is 0.0731. The molecule has 0 amide bonds. The zero-order valence-corrected chi connectivity index (χ0v) is 12.0. The van der Waals surface area contributed by atoms with Gasteiger partial charge in [-0.25, -0.2) is 4.79 Å². The summed E-state index contributed by atoms with van der Waals surface area (Å²) in [5, 5.41) is 0. The molecule has 0 radical (unpaired) electrons. The molecule has 0 saturated heterocycles. The lowest BCUT2D eigenvalue weighted by atomic mass is 9.93. The summed E-state index contributed by atoms with van der Waals surface area (Å²) in [5.74, 6) is 1.31. The average molecular weight is 272 g/mol. The van der Waals surface area contributed by atoms with E-state index in [9.17, 15) is 4.79 Å². The Hall–Kier alpha value is -1.97. The van der Waals surface area contributed by atoms with E-state index in [-0.39, 0.29) is 11.7 Å². The summed E-state index contributed by atoms with van der Waals surface area (Å²) in [6, 6.07) is 8.32. The first-order chi connectivity index (χ1) is 9.66. The third-order valence-electron chi connectivity index (χ3n) is 3.93. The van der Waals surface area contributed by atoms with Gasteiger partial charge in [0.15, 0.2) is 0 Å². The number of hydrogen-bond donors (Lipinski definition) is 0. The molecule has 1 aliphatic heterocycles. The highest BCUT2D eigenvalue weighted by Gasteiger charge is 2.22. The Balaban J connectivity index is 1.88. The van der Waals surface area contributed by atoms with Gasteiger partial charge in [-0.15, -0.1) is 0 Å². The van der Waals surface area contributed by atoms with Gasteiger partial charge < -0.3 is 4.74 Å². The number of imidazole rings is 1. The van der Waals surface area contributed by atoms with Crippen LogP contribution in [0.25, 0.3) is 0 Å². The topological polar surface area (TPSA) is 36.2 Å². The molecule has 0 N–H and O–H groups in total. The SMILES string of the molecule is CC(C)n1ccn(CC2CCOc3ccccc32)c1=O. The van der Waals surface area contributed by atoms with Crippen molar-refractivity contribution in [1.29, 1.82) is 0 Å². The van der Waals surface area contributed by atoms with Crippen LogP contribution in [0.3, 0.4) is 0 Å². The molecule has 106 valence electrons. The maximum Gasteiger partial charge on any atom is 0.328 e. The number of fused-ring (bicyclic) bond motifs is 1. The standard InChI is InChI=1S/C16H20N2O2/c1-12(2)18-9-8-17(16(18)19)11-13-7-10-20-15-6-4-3-5-14(13)15/h3-6,8-9,12-13H,7,10-11H2,1-2H3. The first-order valence-corrected chi connectivity index (χ1v) is 7.16. The number of aromatic nitrogens is 2. The van der Waals surface area contributed by atoms with Crippen LogP contribution in [0.2, 0.25) is 0 Å². The van der Waals surface area contributed by atoms with E-state index in [4.69, 9.17) is 4.74 Å². The van der Waals surface area contributed by atoms with Gasteiger partial charge in [0.2, 0.25) is 0 Å². The van der Waals surface area contributed by atoms with Crippen LogP contribution in [-0.4, -0.2) is 15.7 Å². The maximum absolute atomic E-state index is 12.3. The van der Waals surface area contributed by atoms with Crippen molar-refractivity contribution >= 4 is 0 Å². The molecule has 1 atom stereocenters. The summed E-state index contributed by atoms with van der Waals surface area (Å²) in [6.07, 6.45) is 4.72. The highest BCUT2D eigenvalue weighted by atomic mass is 16.5. The molecule has 0 aliphatic carbocycles. The smallest absolute Gasteiger partial charge is 0.328 e. The zero-order chi connectivity index (χ0) is 14.1. The number of nitrogens with zero attached hydrogens (tertiary/aromatic N) is 2. The lowest BCUT2D eigenvalue weighted by molar-refractivity contribution is 0.258. The van der Waals surface area contributed by atoms with Crippen molar-refractivity contribution in [3.8, 4) is 5.75 Å². The molecule has 1 aromatic heterocycles. The van der Waals surface area contributed by atoms with E-state index in [1.165, 1.54) is 5.56 Å². The van der Waals surface area contributed by atoms with Crippen LogP contribution >= 0.6 is 0 Å². The van der Waals surface area contributed by atoms with Gasteiger partial charge in [-0.05, 0) is 31.9 Å². The molecule has 4 heteroatoms. The molecule has 1 unspecified atom stereocenters. The Bertz CT molecular complexity index is 654. The van der Waals surface area contributed by atoms with Gasteiger partial charge in [0.25, 0.3) is 0 Å². The van der Waals surface area contributed by atoms with Gasteiger partial charge in [0.05, 0.1) is 6.61 Å². The second-order valence-corrected chi connectivity index (χ2v) is 5.61. The highest BCUT2D eigenvalue weighted by molar-refractivity contribution is 5.37. The second-order valence-electron chi connectivity index (χ2n) is 5.61. The molecule has 0 fully saturated rings. The summed E-state index contributed by atoms with van der Waals surface area (Å²) in [7, 11) is 0. The second kappa shape index (κ2) is 5.19. The molecular formula is C16H20N2O2. The molecule has 1 aliphatic rings. The fourth-order valence-corrected chi connectivity index (χ4v) is 2.80. The summed E-state index contributed by atoms with van der Waals surface area (Å²) in [5.41, 5.74) is 1.28. The molecule has 0 bridgehead atoms. The van der Waals surface area contributed by atoms with Crippen molar-refractivity contribution in [2.24, 2.45) is 0 Å². The number of benzene rings is 1. The van der Waals surface area contributed by atoms with Crippen LogP contribution in [0.1, 0.15) is 37.8 Å². The lowest BCUT2D eigenvalue weighted by Gasteiger charge is -2.25. The quantitative estimate of drug-likeness (QED) is 0.861. The first-order valence-electron chi connectivity index (χ1n) is 7.16. The van der Waals surface area contributed by atoms with Crippen molar-refractivity contribution in [3.05, 3.63) is 52.7 Å². The summed E-state index contributed by atoms with van der Waals surface area (Å²) >= 11 is 0. The lowest BCUT2D eigenvalue weighted by Crippen LogP contribution is -2.28. The van der Waals surface area contributed by atoms with Crippen molar-refractivity contribution in [2.75, 3.05) is 6.61 Å². The summed E-state index contributed by atoms with van der Waals surface area (Å²) in [4.78, 5) is 12.3. The Morgan fingerprint density at radius 2 is 2.10 bits per heavy atom. The van der Waals surface area contributed by atoms with E-state index < -0.39 is 0 Å². The molecule has 20 heavy (non-hydrogen) atoms. The number of hydrogen-bond acceptors (Lipinski definition) is 2. The minimum Gasteiger partial charge on any atom is -0.493 e. The normalized spacial score (nSPS) is 17.9. The molecule has 0 saturated carbocycles. The van der Waals surface area contributed by atoms with E-state index in [0.717, 1.165) is 25.3 Å². The average Bonchev–Trinajstić information content (AvgIpc) is 2.81. The van der Waals surface area contributed by atoms with Crippen molar-refractivity contribution in [3.63, 3.8) is 0 Å². The molecule has 1 aromatic carbocycles. The van der Waals surface area contributed by atoms with Gasteiger partial charge >= 0.3 is 5.69 Å². The Kier molecular flexibility index (Phi) is 3.38. The minimum absolute atomic E-state index is 0.0731. The van der Waals surface area contributed by atoms with Crippen LogP contribution in [0.4, 0.5) is 0 Å². The Morgan fingerprint density at radius 3 is 2.85 bits per heavy atom. The summed E-state index contributed by atoms with van der Waals surface area (Å²) < 4.78 is 9.25. The van der Waals surface area contributed by atoms with Gasteiger partial charge in [0, 0.05) is 30.9 Å². The molecule has 3 rings (SSSR count). The van der Waals surface area contributed by atoms with Crippen molar-refractivity contribution in [1.82, 2.24) is 9.13 Å². The van der Waals surface area contributed by atoms with Crippen LogP contribution in [0, 0.1) is 0 Å². The fourth-order valence-electron chi connectivity index (χ4n) is 2.80. The maximum atomic E-state index is 12.3. The molecule has 2 aromatic rings. The third-order valence-corrected chi connectivity index (χ3v) is 3.93. The van der Waals surface area contributed by atoms with E-state index >= 15 is 0 Å². The Morgan fingerprint density at radius 1 is 1.30 bits per heavy atom. The number of para-hydroxylation sites is 1.